The number of carboxylic acid groups (broad SMARTS) is 1. The summed E-state index contributed by atoms with van der Waals surface area (Å²) in [4.78, 5) is 29.0. The van der Waals surface area contributed by atoms with Gasteiger partial charge < -0.3 is 15.4 Å². The molecule has 2 aromatic rings. The fourth-order valence-electron chi connectivity index (χ4n) is 1.87. The maximum absolute atomic E-state index is 11.1. The van der Waals surface area contributed by atoms with E-state index in [1.165, 1.54) is 6.92 Å². The number of amides is 1. The number of nitrogens with zero attached hydrogens (tertiary/aromatic N) is 1. The average Bonchev–Trinajstić information content (AvgIpc) is 2.71. The number of nitrogens with one attached hydrogen (secondary N) is 2. The summed E-state index contributed by atoms with van der Waals surface area (Å²) in [5.41, 5.74) is 1.69. The summed E-state index contributed by atoms with van der Waals surface area (Å²) < 4.78 is 0. The summed E-state index contributed by atoms with van der Waals surface area (Å²) in [7, 11) is 0. The van der Waals surface area contributed by atoms with Gasteiger partial charge in [-0.3, -0.25) is 9.78 Å². The Hall–Kier alpha value is -2.37. The number of hydrogen-bond acceptors (Lipinski definition) is 3. The zero-order chi connectivity index (χ0) is 13.1. The molecule has 6 nitrogen and oxygen atoms in total. The van der Waals surface area contributed by atoms with E-state index in [1.54, 1.807) is 18.6 Å². The number of carbonyl (C=O) groups excluding carboxylic acids is 1. The van der Waals surface area contributed by atoms with Gasteiger partial charge in [0.1, 0.15) is 6.04 Å². The van der Waals surface area contributed by atoms with Crippen molar-refractivity contribution in [2.75, 3.05) is 0 Å². The van der Waals surface area contributed by atoms with Crippen molar-refractivity contribution in [3.8, 4) is 0 Å². The van der Waals surface area contributed by atoms with Gasteiger partial charge in [0.05, 0.1) is 11.7 Å². The Labute approximate surface area is 103 Å². The lowest BCUT2D eigenvalue weighted by molar-refractivity contribution is -0.141. The highest BCUT2D eigenvalue weighted by Crippen LogP contribution is 2.18. The van der Waals surface area contributed by atoms with Gasteiger partial charge in [0.25, 0.3) is 0 Å². The largest absolute Gasteiger partial charge is 0.480 e. The molecule has 6 heteroatoms. The van der Waals surface area contributed by atoms with Crippen molar-refractivity contribution in [2.45, 2.75) is 19.4 Å². The van der Waals surface area contributed by atoms with Crippen LogP contribution in [0.5, 0.6) is 0 Å². The van der Waals surface area contributed by atoms with Crippen LogP contribution < -0.4 is 5.32 Å². The summed E-state index contributed by atoms with van der Waals surface area (Å²) in [6, 6.07) is 0.892. The lowest BCUT2D eigenvalue weighted by atomic mass is 10.1. The quantitative estimate of drug-likeness (QED) is 0.741. The van der Waals surface area contributed by atoms with Crippen LogP contribution in [0.4, 0.5) is 0 Å². The summed E-state index contributed by atoms with van der Waals surface area (Å²) >= 11 is 0. The second-order valence-electron chi connectivity index (χ2n) is 4.03. The first-order valence-electron chi connectivity index (χ1n) is 5.48. The number of aliphatic carboxylic acids is 1. The predicted molar refractivity (Wildman–Crippen MR) is 65.0 cm³/mol. The number of H-pyrrole nitrogens is 1. The van der Waals surface area contributed by atoms with Gasteiger partial charge in [-0.05, 0) is 11.6 Å². The highest BCUT2D eigenvalue weighted by Gasteiger charge is 2.20. The third kappa shape index (κ3) is 2.48. The highest BCUT2D eigenvalue weighted by atomic mass is 16.4. The molecule has 2 rings (SSSR count). The van der Waals surface area contributed by atoms with Crippen LogP contribution in [0, 0.1) is 0 Å². The van der Waals surface area contributed by atoms with E-state index in [4.69, 9.17) is 5.11 Å². The number of carboxylic acids is 1. The molecule has 0 aliphatic rings. The molecular formula is C12H13N3O3. The molecule has 0 saturated carbocycles. The first-order valence-corrected chi connectivity index (χ1v) is 5.48. The van der Waals surface area contributed by atoms with Gasteiger partial charge in [0.15, 0.2) is 0 Å². The van der Waals surface area contributed by atoms with Crippen LogP contribution in [0.2, 0.25) is 0 Å². The fraction of sp³-hybridized carbons (Fsp3) is 0.250. The van der Waals surface area contributed by atoms with Crippen molar-refractivity contribution >= 4 is 22.8 Å². The van der Waals surface area contributed by atoms with E-state index < -0.39 is 12.0 Å². The molecule has 18 heavy (non-hydrogen) atoms. The van der Waals surface area contributed by atoms with Gasteiger partial charge in [-0.25, -0.2) is 4.79 Å². The maximum atomic E-state index is 11.1. The Morgan fingerprint density at radius 1 is 1.56 bits per heavy atom. The number of hydrogen-bond donors (Lipinski definition) is 3. The van der Waals surface area contributed by atoms with Gasteiger partial charge in [-0.15, -0.1) is 0 Å². The molecule has 0 spiro atoms. The van der Waals surface area contributed by atoms with E-state index in [0.717, 1.165) is 16.5 Å². The highest BCUT2D eigenvalue weighted by molar-refractivity contribution is 5.85. The number of aromatic amines is 1. The Morgan fingerprint density at radius 3 is 3.00 bits per heavy atom. The lowest BCUT2D eigenvalue weighted by Crippen LogP contribution is -2.41. The van der Waals surface area contributed by atoms with Crippen LogP contribution in [-0.2, 0) is 16.0 Å². The van der Waals surface area contributed by atoms with Crippen molar-refractivity contribution < 1.29 is 14.7 Å². The smallest absolute Gasteiger partial charge is 0.326 e. The van der Waals surface area contributed by atoms with Crippen LogP contribution in [0.3, 0.4) is 0 Å². The van der Waals surface area contributed by atoms with Gasteiger partial charge in [-0.2, -0.15) is 0 Å². The van der Waals surface area contributed by atoms with E-state index in [9.17, 15) is 9.59 Å². The Balaban J connectivity index is 2.26. The maximum Gasteiger partial charge on any atom is 0.326 e. The lowest BCUT2D eigenvalue weighted by Gasteiger charge is -2.12. The van der Waals surface area contributed by atoms with E-state index in [0.29, 0.717) is 0 Å². The molecule has 2 aromatic heterocycles. The molecule has 2 heterocycles. The summed E-state index contributed by atoms with van der Waals surface area (Å²) in [6.45, 7) is 1.30. The summed E-state index contributed by atoms with van der Waals surface area (Å²) in [5, 5.41) is 12.4. The normalized spacial score (nSPS) is 12.3. The molecule has 3 N–H and O–H groups in total. The molecule has 0 radical (unpaired) electrons. The number of aromatic nitrogens is 2. The first-order chi connectivity index (χ1) is 8.58. The van der Waals surface area contributed by atoms with Crippen molar-refractivity contribution in [1.82, 2.24) is 15.3 Å². The van der Waals surface area contributed by atoms with Crippen molar-refractivity contribution in [2.24, 2.45) is 0 Å². The first kappa shape index (κ1) is 12.1. The average molecular weight is 247 g/mol. The van der Waals surface area contributed by atoms with E-state index in [2.05, 4.69) is 15.3 Å². The molecule has 1 amide bonds. The standard InChI is InChI=1S/C12H13N3O3/c1-7(16)15-10(12(17)18)4-8-5-14-11-6-13-3-2-9(8)11/h2-3,5-6,10,14H,4H2,1H3,(H,15,16)(H,17,18). The van der Waals surface area contributed by atoms with Crippen molar-refractivity contribution in [3.63, 3.8) is 0 Å². The van der Waals surface area contributed by atoms with Crippen LogP contribution in [0.15, 0.2) is 24.7 Å². The van der Waals surface area contributed by atoms with Crippen molar-refractivity contribution in [1.29, 1.82) is 0 Å². The molecular weight excluding hydrogens is 234 g/mol. The third-order valence-electron chi connectivity index (χ3n) is 2.67. The van der Waals surface area contributed by atoms with E-state index in [1.807, 2.05) is 6.07 Å². The predicted octanol–water partition coefficient (Wildman–Crippen LogP) is 0.695. The van der Waals surface area contributed by atoms with Crippen LogP contribution in [-0.4, -0.2) is 33.0 Å². The molecule has 0 aliphatic carbocycles. The second kappa shape index (κ2) is 4.87. The third-order valence-corrected chi connectivity index (χ3v) is 2.67. The zero-order valence-corrected chi connectivity index (χ0v) is 9.80. The summed E-state index contributed by atoms with van der Waals surface area (Å²) in [5.74, 6) is -1.41. The van der Waals surface area contributed by atoms with Crippen LogP contribution in [0.25, 0.3) is 10.9 Å². The second-order valence-corrected chi connectivity index (χ2v) is 4.03. The zero-order valence-electron chi connectivity index (χ0n) is 9.80. The van der Waals surface area contributed by atoms with Gasteiger partial charge in [0, 0.05) is 31.1 Å². The minimum Gasteiger partial charge on any atom is -0.480 e. The van der Waals surface area contributed by atoms with Crippen LogP contribution in [0.1, 0.15) is 12.5 Å². The minimum atomic E-state index is -1.05. The number of carbonyl (C=O) groups is 2. The Morgan fingerprint density at radius 2 is 2.33 bits per heavy atom. The summed E-state index contributed by atoms with van der Waals surface area (Å²) in [6.07, 6.45) is 5.30. The number of pyridine rings is 1. The molecule has 0 aliphatic heterocycles. The van der Waals surface area contributed by atoms with Gasteiger partial charge in [-0.1, -0.05) is 0 Å². The molecule has 1 unspecified atom stereocenters. The number of rotatable bonds is 4. The van der Waals surface area contributed by atoms with E-state index in [-0.39, 0.29) is 12.3 Å². The van der Waals surface area contributed by atoms with Crippen molar-refractivity contribution in [3.05, 3.63) is 30.2 Å². The molecule has 1 atom stereocenters. The Bertz CT molecular complexity index is 591. The van der Waals surface area contributed by atoms with Gasteiger partial charge >= 0.3 is 5.97 Å². The van der Waals surface area contributed by atoms with Gasteiger partial charge in [0.2, 0.25) is 5.91 Å². The molecule has 0 bridgehead atoms. The molecule has 0 fully saturated rings. The Kier molecular flexibility index (Phi) is 3.27. The SMILES string of the molecule is CC(=O)NC(Cc1c[nH]c2cnccc12)C(=O)O. The fourth-order valence-corrected chi connectivity index (χ4v) is 1.87. The minimum absolute atomic E-state index is 0.235. The van der Waals surface area contributed by atoms with E-state index >= 15 is 0 Å². The van der Waals surface area contributed by atoms with Crippen LogP contribution >= 0.6 is 0 Å². The molecule has 94 valence electrons. The number of fused-ring (bicyclic) bond motifs is 1. The molecule has 0 saturated heterocycles. The topological polar surface area (TPSA) is 95.1 Å². The monoisotopic (exact) mass is 247 g/mol. The molecule has 0 aromatic carbocycles.